The molecular formula is C15H18FN3O3S. The van der Waals surface area contributed by atoms with Gasteiger partial charge in [-0.15, -0.1) is 0 Å². The van der Waals surface area contributed by atoms with Crippen molar-refractivity contribution in [3.8, 4) is 0 Å². The number of fused-ring (bicyclic) bond motifs is 1. The van der Waals surface area contributed by atoms with Crippen LogP contribution >= 0.6 is 11.3 Å². The Balaban J connectivity index is 1.94. The number of carbonyl (C=O) groups is 2. The summed E-state index contributed by atoms with van der Waals surface area (Å²) in [5.41, 5.74) is -0.351. The molecule has 6 nitrogen and oxygen atoms in total. The van der Waals surface area contributed by atoms with E-state index in [0.29, 0.717) is 15.3 Å². The number of rotatable bonds is 6. The van der Waals surface area contributed by atoms with Crippen molar-refractivity contribution in [2.75, 3.05) is 18.5 Å². The lowest BCUT2D eigenvalue weighted by molar-refractivity contribution is -0.149. The highest BCUT2D eigenvalue weighted by atomic mass is 32.1. The number of aromatic nitrogens is 1. The molecule has 8 heteroatoms. The zero-order valence-corrected chi connectivity index (χ0v) is 13.9. The van der Waals surface area contributed by atoms with E-state index >= 15 is 0 Å². The Kier molecular flexibility index (Phi) is 5.27. The molecule has 1 heterocycles. The number of esters is 1. The highest BCUT2D eigenvalue weighted by Gasteiger charge is 2.29. The lowest BCUT2D eigenvalue weighted by Crippen LogP contribution is -2.50. The molecule has 0 atom stereocenters. The largest absolute Gasteiger partial charge is 0.465 e. The molecule has 0 fully saturated rings. The van der Waals surface area contributed by atoms with E-state index in [1.54, 1.807) is 26.8 Å². The maximum absolute atomic E-state index is 13.1. The van der Waals surface area contributed by atoms with Gasteiger partial charge in [0.15, 0.2) is 5.13 Å². The number of nitrogens with zero attached hydrogens (tertiary/aromatic N) is 1. The SMILES string of the molecule is CCOC(=O)C(C)(C)NCC(=O)Nc1nc2ccc(F)cc2s1. The summed E-state index contributed by atoms with van der Waals surface area (Å²) in [5.74, 6) is -1.12. The van der Waals surface area contributed by atoms with Gasteiger partial charge in [0.2, 0.25) is 5.91 Å². The normalized spacial score (nSPS) is 11.5. The fourth-order valence-electron chi connectivity index (χ4n) is 1.80. The van der Waals surface area contributed by atoms with Crippen LogP contribution in [0, 0.1) is 5.82 Å². The molecule has 0 radical (unpaired) electrons. The molecule has 2 aromatic rings. The number of carbonyl (C=O) groups excluding carboxylic acids is 2. The van der Waals surface area contributed by atoms with Crippen molar-refractivity contribution in [1.29, 1.82) is 0 Å². The first kappa shape index (κ1) is 17.3. The lowest BCUT2D eigenvalue weighted by atomic mass is 10.1. The minimum atomic E-state index is -0.968. The lowest BCUT2D eigenvalue weighted by Gasteiger charge is -2.23. The first-order chi connectivity index (χ1) is 10.8. The molecule has 23 heavy (non-hydrogen) atoms. The zero-order chi connectivity index (χ0) is 17.0. The summed E-state index contributed by atoms with van der Waals surface area (Å²) in [6.07, 6.45) is 0. The standard InChI is InChI=1S/C15H18FN3O3S/c1-4-22-13(21)15(2,3)17-8-12(20)19-14-18-10-6-5-9(16)7-11(10)23-14/h5-7,17H,4,8H2,1-3H3,(H,18,19,20). The number of hydrogen-bond acceptors (Lipinski definition) is 6. The van der Waals surface area contributed by atoms with Crippen LogP contribution in [0.4, 0.5) is 9.52 Å². The molecule has 0 aliphatic rings. The summed E-state index contributed by atoms with van der Waals surface area (Å²) < 4.78 is 18.7. The van der Waals surface area contributed by atoms with Crippen molar-refractivity contribution in [3.63, 3.8) is 0 Å². The third kappa shape index (κ3) is 4.46. The van der Waals surface area contributed by atoms with Crippen molar-refractivity contribution in [2.45, 2.75) is 26.3 Å². The second-order valence-electron chi connectivity index (χ2n) is 5.38. The smallest absolute Gasteiger partial charge is 0.325 e. The van der Waals surface area contributed by atoms with Gasteiger partial charge in [0.05, 0.1) is 23.4 Å². The van der Waals surface area contributed by atoms with Gasteiger partial charge in [0.25, 0.3) is 0 Å². The third-order valence-electron chi connectivity index (χ3n) is 3.07. The molecule has 0 unspecified atom stereocenters. The van der Waals surface area contributed by atoms with E-state index in [-0.39, 0.29) is 24.9 Å². The van der Waals surface area contributed by atoms with E-state index in [1.165, 1.54) is 23.5 Å². The number of amides is 1. The van der Waals surface area contributed by atoms with Gasteiger partial charge in [0.1, 0.15) is 11.4 Å². The van der Waals surface area contributed by atoms with Gasteiger partial charge in [-0.1, -0.05) is 11.3 Å². The van der Waals surface area contributed by atoms with Crippen LogP contribution in [0.5, 0.6) is 0 Å². The number of anilines is 1. The molecular weight excluding hydrogens is 321 g/mol. The van der Waals surface area contributed by atoms with Crippen LogP contribution in [0.3, 0.4) is 0 Å². The van der Waals surface area contributed by atoms with Gasteiger partial charge in [0, 0.05) is 0 Å². The summed E-state index contributed by atoms with van der Waals surface area (Å²) in [6, 6.07) is 4.24. The second-order valence-corrected chi connectivity index (χ2v) is 6.41. The van der Waals surface area contributed by atoms with Crippen LogP contribution in [0.25, 0.3) is 10.2 Å². The Hall–Kier alpha value is -2.06. The zero-order valence-electron chi connectivity index (χ0n) is 13.1. The van der Waals surface area contributed by atoms with E-state index < -0.39 is 11.5 Å². The fourth-order valence-corrected chi connectivity index (χ4v) is 2.71. The fraction of sp³-hybridized carbons (Fsp3) is 0.400. The first-order valence-electron chi connectivity index (χ1n) is 7.10. The monoisotopic (exact) mass is 339 g/mol. The van der Waals surface area contributed by atoms with Gasteiger partial charge in [-0.3, -0.25) is 14.9 Å². The summed E-state index contributed by atoms with van der Waals surface area (Å²) in [7, 11) is 0. The molecule has 124 valence electrons. The van der Waals surface area contributed by atoms with E-state index in [9.17, 15) is 14.0 Å². The molecule has 0 aliphatic heterocycles. The number of ether oxygens (including phenoxy) is 1. The summed E-state index contributed by atoms with van der Waals surface area (Å²) in [5, 5.41) is 5.84. The molecule has 2 N–H and O–H groups in total. The van der Waals surface area contributed by atoms with Crippen molar-refractivity contribution in [1.82, 2.24) is 10.3 Å². The molecule has 1 aromatic carbocycles. The molecule has 0 saturated carbocycles. The van der Waals surface area contributed by atoms with Crippen molar-refractivity contribution < 1.29 is 18.7 Å². The number of nitrogens with one attached hydrogen (secondary N) is 2. The summed E-state index contributed by atoms with van der Waals surface area (Å²) >= 11 is 1.19. The Labute approximate surface area is 137 Å². The summed E-state index contributed by atoms with van der Waals surface area (Å²) in [4.78, 5) is 27.9. The van der Waals surface area contributed by atoms with Gasteiger partial charge in [-0.05, 0) is 39.0 Å². The Morgan fingerprint density at radius 1 is 1.39 bits per heavy atom. The van der Waals surface area contributed by atoms with Crippen LogP contribution < -0.4 is 10.6 Å². The average molecular weight is 339 g/mol. The van der Waals surface area contributed by atoms with Crippen LogP contribution in [-0.4, -0.2) is 35.6 Å². The van der Waals surface area contributed by atoms with Crippen molar-refractivity contribution >= 4 is 38.6 Å². The second kappa shape index (κ2) is 7.01. The van der Waals surface area contributed by atoms with E-state index in [1.807, 2.05) is 0 Å². The van der Waals surface area contributed by atoms with Crippen molar-refractivity contribution in [3.05, 3.63) is 24.0 Å². The van der Waals surface area contributed by atoms with Gasteiger partial charge in [-0.2, -0.15) is 0 Å². The molecule has 1 aromatic heterocycles. The van der Waals surface area contributed by atoms with E-state index in [4.69, 9.17) is 4.74 Å². The number of halogens is 1. The van der Waals surface area contributed by atoms with Crippen LogP contribution in [0.2, 0.25) is 0 Å². The average Bonchev–Trinajstić information content (AvgIpc) is 2.86. The minimum absolute atomic E-state index is 0.0733. The van der Waals surface area contributed by atoms with Crippen molar-refractivity contribution in [2.24, 2.45) is 0 Å². The highest BCUT2D eigenvalue weighted by Crippen LogP contribution is 2.26. The number of hydrogen-bond donors (Lipinski definition) is 2. The van der Waals surface area contributed by atoms with E-state index in [0.717, 1.165) is 0 Å². The Morgan fingerprint density at radius 2 is 2.13 bits per heavy atom. The molecule has 0 bridgehead atoms. The Bertz CT molecular complexity index is 730. The van der Waals surface area contributed by atoms with Gasteiger partial charge >= 0.3 is 5.97 Å². The molecule has 0 saturated heterocycles. The maximum Gasteiger partial charge on any atom is 0.325 e. The van der Waals surface area contributed by atoms with Crippen LogP contribution in [0.15, 0.2) is 18.2 Å². The highest BCUT2D eigenvalue weighted by molar-refractivity contribution is 7.22. The third-order valence-corrected chi connectivity index (χ3v) is 4.01. The predicted octanol–water partition coefficient (Wildman–Crippen LogP) is 2.31. The summed E-state index contributed by atoms with van der Waals surface area (Å²) in [6.45, 7) is 5.20. The van der Waals surface area contributed by atoms with Crippen LogP contribution in [0.1, 0.15) is 20.8 Å². The van der Waals surface area contributed by atoms with Gasteiger partial charge in [-0.25, -0.2) is 9.37 Å². The number of thiazole rings is 1. The molecule has 2 rings (SSSR count). The first-order valence-corrected chi connectivity index (χ1v) is 7.91. The molecule has 1 amide bonds. The van der Waals surface area contributed by atoms with Gasteiger partial charge < -0.3 is 10.1 Å². The number of benzene rings is 1. The molecule has 0 aliphatic carbocycles. The van der Waals surface area contributed by atoms with Crippen LogP contribution in [-0.2, 0) is 14.3 Å². The topological polar surface area (TPSA) is 80.3 Å². The van der Waals surface area contributed by atoms with E-state index in [2.05, 4.69) is 15.6 Å². The Morgan fingerprint density at radius 3 is 2.83 bits per heavy atom. The maximum atomic E-state index is 13.1. The minimum Gasteiger partial charge on any atom is -0.465 e. The predicted molar refractivity (Wildman–Crippen MR) is 86.9 cm³/mol. The quantitative estimate of drug-likeness (QED) is 0.790. The molecule has 0 spiro atoms.